The van der Waals surface area contributed by atoms with Crippen molar-refractivity contribution in [1.82, 2.24) is 0 Å². The van der Waals surface area contributed by atoms with Gasteiger partial charge < -0.3 is 9.05 Å². The Morgan fingerprint density at radius 3 is 1.44 bits per heavy atom. The maximum atomic E-state index is 5.21. The van der Waals surface area contributed by atoms with E-state index in [1.165, 1.54) is 0 Å². The van der Waals surface area contributed by atoms with Gasteiger partial charge in [0.1, 0.15) is 0 Å². The van der Waals surface area contributed by atoms with Crippen LogP contribution in [0.15, 0.2) is 0 Å². The Hall–Kier alpha value is 0.780. The summed E-state index contributed by atoms with van der Waals surface area (Å²) in [5, 5.41) is 0. The molecule has 0 amide bonds. The van der Waals surface area contributed by atoms with Gasteiger partial charge in [-0.3, -0.25) is 0 Å². The van der Waals surface area contributed by atoms with Crippen LogP contribution in [-0.4, -0.2) is 33.5 Å². The standard InChI is InChI=1S/C5H14O2P2/c1-8(2)6-5-7-9(3)4/h5H2,1-4H3. The molecular formula is C5H14O2P2. The summed E-state index contributed by atoms with van der Waals surface area (Å²) in [5.41, 5.74) is 0. The monoisotopic (exact) mass is 168 g/mol. The van der Waals surface area contributed by atoms with Crippen molar-refractivity contribution < 1.29 is 9.05 Å². The van der Waals surface area contributed by atoms with E-state index in [2.05, 4.69) is 26.7 Å². The zero-order valence-corrected chi connectivity index (χ0v) is 8.21. The highest BCUT2D eigenvalue weighted by Crippen LogP contribution is 2.30. The molecule has 0 aliphatic rings. The van der Waals surface area contributed by atoms with E-state index in [1.807, 2.05) is 0 Å². The molecule has 0 rings (SSSR count). The molecule has 4 heteroatoms. The van der Waals surface area contributed by atoms with Gasteiger partial charge in [0.25, 0.3) is 0 Å². The first-order valence-electron chi connectivity index (χ1n) is 2.73. The van der Waals surface area contributed by atoms with E-state index < -0.39 is 0 Å². The average molecular weight is 168 g/mol. The zero-order chi connectivity index (χ0) is 7.28. The topological polar surface area (TPSA) is 18.5 Å². The molecule has 0 fully saturated rings. The fraction of sp³-hybridized carbons (Fsp3) is 1.00. The number of hydrogen-bond acceptors (Lipinski definition) is 2. The van der Waals surface area contributed by atoms with Crippen molar-refractivity contribution in [3.05, 3.63) is 0 Å². The minimum absolute atomic E-state index is 0.246. The molecule has 0 atom stereocenters. The van der Waals surface area contributed by atoms with Crippen LogP contribution in [0, 0.1) is 0 Å². The summed E-state index contributed by atoms with van der Waals surface area (Å²) in [5.74, 6) is 0. The second kappa shape index (κ2) is 5.56. The van der Waals surface area contributed by atoms with Crippen LogP contribution < -0.4 is 0 Å². The third-order valence-electron chi connectivity index (χ3n) is 0.622. The lowest BCUT2D eigenvalue weighted by Crippen LogP contribution is -1.89. The summed E-state index contributed by atoms with van der Waals surface area (Å²) in [6.07, 6.45) is 0. The van der Waals surface area contributed by atoms with Gasteiger partial charge in [-0.15, -0.1) is 0 Å². The van der Waals surface area contributed by atoms with Crippen LogP contribution in [0.3, 0.4) is 0 Å². The molecule has 0 radical (unpaired) electrons. The van der Waals surface area contributed by atoms with Crippen LogP contribution >= 0.6 is 16.3 Å². The van der Waals surface area contributed by atoms with Crippen molar-refractivity contribution >= 4 is 16.3 Å². The summed E-state index contributed by atoms with van der Waals surface area (Å²) >= 11 is 0. The summed E-state index contributed by atoms with van der Waals surface area (Å²) < 4.78 is 10.4. The molecule has 0 saturated carbocycles. The molecule has 56 valence electrons. The fourth-order valence-corrected chi connectivity index (χ4v) is 0.845. The van der Waals surface area contributed by atoms with Crippen molar-refractivity contribution in [3.63, 3.8) is 0 Å². The van der Waals surface area contributed by atoms with Gasteiger partial charge in [-0.05, 0) is 26.7 Å². The Morgan fingerprint density at radius 2 is 1.22 bits per heavy atom. The first kappa shape index (κ1) is 9.78. The van der Waals surface area contributed by atoms with Crippen molar-refractivity contribution in [3.8, 4) is 0 Å². The summed E-state index contributed by atoms with van der Waals surface area (Å²) in [6, 6.07) is 0. The summed E-state index contributed by atoms with van der Waals surface area (Å²) in [4.78, 5) is 0. The quantitative estimate of drug-likeness (QED) is 0.473. The van der Waals surface area contributed by atoms with Gasteiger partial charge in [0.15, 0.2) is 6.79 Å². The molecule has 0 saturated heterocycles. The van der Waals surface area contributed by atoms with Gasteiger partial charge in [-0.25, -0.2) is 0 Å². The zero-order valence-electron chi connectivity index (χ0n) is 6.42. The van der Waals surface area contributed by atoms with Gasteiger partial charge in [0, 0.05) is 16.3 Å². The second-order valence-electron chi connectivity index (χ2n) is 2.00. The highest BCUT2D eigenvalue weighted by molar-refractivity contribution is 7.51. The van der Waals surface area contributed by atoms with E-state index in [0.29, 0.717) is 6.79 Å². The molecule has 2 nitrogen and oxygen atoms in total. The Labute approximate surface area is 59.6 Å². The van der Waals surface area contributed by atoms with Crippen molar-refractivity contribution in [2.45, 2.75) is 0 Å². The minimum atomic E-state index is -0.246. The molecule has 0 aromatic carbocycles. The molecule has 0 aliphatic heterocycles. The normalized spacial score (nSPS) is 11.3. The largest absolute Gasteiger partial charge is 0.333 e. The maximum absolute atomic E-state index is 5.21. The molecule has 0 aliphatic carbocycles. The van der Waals surface area contributed by atoms with E-state index in [4.69, 9.17) is 9.05 Å². The molecular weight excluding hydrogens is 154 g/mol. The van der Waals surface area contributed by atoms with E-state index in [-0.39, 0.29) is 16.3 Å². The van der Waals surface area contributed by atoms with E-state index in [1.54, 1.807) is 0 Å². The van der Waals surface area contributed by atoms with Gasteiger partial charge in [-0.2, -0.15) is 0 Å². The summed E-state index contributed by atoms with van der Waals surface area (Å²) in [7, 11) is -0.492. The Kier molecular flexibility index (Phi) is 6.04. The third kappa shape index (κ3) is 8.78. The smallest absolute Gasteiger partial charge is 0.154 e. The second-order valence-corrected chi connectivity index (χ2v) is 5.77. The van der Waals surface area contributed by atoms with Crippen LogP contribution in [0.1, 0.15) is 0 Å². The first-order valence-corrected chi connectivity index (χ1v) is 7.04. The Bertz CT molecular complexity index is 58.0. The highest BCUT2D eigenvalue weighted by atomic mass is 31.1. The molecule has 0 N–H and O–H groups in total. The molecule has 0 aromatic heterocycles. The molecule has 0 spiro atoms. The van der Waals surface area contributed by atoms with E-state index in [9.17, 15) is 0 Å². The molecule has 0 heterocycles. The molecule has 0 unspecified atom stereocenters. The lowest BCUT2D eigenvalue weighted by Gasteiger charge is -2.09. The Morgan fingerprint density at radius 1 is 0.889 bits per heavy atom. The molecule has 0 bridgehead atoms. The predicted octanol–water partition coefficient (Wildman–Crippen LogP) is 2.29. The number of rotatable bonds is 4. The highest BCUT2D eigenvalue weighted by Gasteiger charge is 1.94. The van der Waals surface area contributed by atoms with Gasteiger partial charge in [-0.1, -0.05) is 0 Å². The van der Waals surface area contributed by atoms with E-state index in [0.717, 1.165) is 0 Å². The van der Waals surface area contributed by atoms with Crippen LogP contribution in [0.5, 0.6) is 0 Å². The molecule has 0 aromatic rings. The van der Waals surface area contributed by atoms with Crippen molar-refractivity contribution in [2.75, 3.05) is 33.5 Å². The lowest BCUT2D eigenvalue weighted by molar-refractivity contribution is 0.151. The molecule has 9 heavy (non-hydrogen) atoms. The predicted molar refractivity (Wildman–Crippen MR) is 44.6 cm³/mol. The minimum Gasteiger partial charge on any atom is -0.333 e. The number of hydrogen-bond donors (Lipinski definition) is 0. The lowest BCUT2D eigenvalue weighted by atomic mass is 11.6. The maximum Gasteiger partial charge on any atom is 0.154 e. The van der Waals surface area contributed by atoms with Crippen LogP contribution in [0.2, 0.25) is 0 Å². The van der Waals surface area contributed by atoms with Gasteiger partial charge in [0.05, 0.1) is 0 Å². The van der Waals surface area contributed by atoms with Crippen LogP contribution in [-0.2, 0) is 9.05 Å². The average Bonchev–Trinajstić information content (AvgIpc) is 1.63. The van der Waals surface area contributed by atoms with Gasteiger partial charge in [0.2, 0.25) is 0 Å². The van der Waals surface area contributed by atoms with E-state index >= 15 is 0 Å². The fourth-order valence-electron chi connectivity index (χ4n) is 0.234. The van der Waals surface area contributed by atoms with Crippen LogP contribution in [0.4, 0.5) is 0 Å². The SMILES string of the molecule is CP(C)OCOP(C)C. The van der Waals surface area contributed by atoms with Crippen molar-refractivity contribution in [2.24, 2.45) is 0 Å². The summed E-state index contributed by atoms with van der Waals surface area (Å²) in [6.45, 7) is 8.72. The Balaban J connectivity index is 2.91. The van der Waals surface area contributed by atoms with Gasteiger partial charge >= 0.3 is 0 Å². The van der Waals surface area contributed by atoms with Crippen molar-refractivity contribution in [1.29, 1.82) is 0 Å². The van der Waals surface area contributed by atoms with Crippen LogP contribution in [0.25, 0.3) is 0 Å². The third-order valence-corrected chi connectivity index (χ3v) is 1.87. The first-order chi connectivity index (χ1) is 4.13.